The highest BCUT2D eigenvalue weighted by Gasteiger charge is 2.32. The molecule has 6 heteroatoms. The number of carbonyl (C=O) groups excluding carboxylic acids is 1. The predicted octanol–water partition coefficient (Wildman–Crippen LogP) is 2.79. The molecule has 0 aliphatic heterocycles. The number of hydrogen-bond acceptors (Lipinski definition) is 3. The fraction of sp³-hybridized carbons (Fsp3) is 0.429. The molecule has 1 fully saturated rings. The van der Waals surface area contributed by atoms with Crippen LogP contribution in [-0.4, -0.2) is 23.6 Å². The largest absolute Gasteiger partial charge is 0.480 e. The maximum Gasteiger partial charge on any atom is 0.341 e. The van der Waals surface area contributed by atoms with Gasteiger partial charge in [-0.1, -0.05) is 18.5 Å². The van der Waals surface area contributed by atoms with E-state index in [1.165, 1.54) is 0 Å². The van der Waals surface area contributed by atoms with Gasteiger partial charge in [-0.05, 0) is 37.0 Å². The Morgan fingerprint density at radius 3 is 2.75 bits per heavy atom. The highest BCUT2D eigenvalue weighted by molar-refractivity contribution is 6.32. The van der Waals surface area contributed by atoms with Crippen LogP contribution in [0.5, 0.6) is 5.75 Å². The van der Waals surface area contributed by atoms with Crippen LogP contribution in [0, 0.1) is 11.8 Å². The molecule has 1 aliphatic carbocycles. The highest BCUT2D eigenvalue weighted by Crippen LogP contribution is 2.37. The predicted molar refractivity (Wildman–Crippen MR) is 75.1 cm³/mol. The molecule has 0 heterocycles. The van der Waals surface area contributed by atoms with Crippen LogP contribution >= 0.6 is 11.6 Å². The average molecular weight is 298 g/mol. The van der Waals surface area contributed by atoms with Gasteiger partial charge in [-0.2, -0.15) is 0 Å². The first-order chi connectivity index (χ1) is 9.47. The molecule has 1 unspecified atom stereocenters. The van der Waals surface area contributed by atoms with Gasteiger partial charge in [0.1, 0.15) is 5.75 Å². The van der Waals surface area contributed by atoms with Crippen molar-refractivity contribution in [2.24, 2.45) is 11.8 Å². The number of carboxylic acid groups (broad SMARTS) is 1. The molecule has 0 aromatic heterocycles. The number of aliphatic carboxylic acids is 1. The molecule has 108 valence electrons. The summed E-state index contributed by atoms with van der Waals surface area (Å²) in [5, 5.41) is 11.6. The van der Waals surface area contributed by atoms with E-state index in [1.54, 1.807) is 18.2 Å². The minimum Gasteiger partial charge on any atom is -0.480 e. The van der Waals surface area contributed by atoms with Gasteiger partial charge in [0.15, 0.2) is 6.61 Å². The minimum absolute atomic E-state index is 0.00304. The first-order valence-electron chi connectivity index (χ1n) is 6.42. The summed E-state index contributed by atoms with van der Waals surface area (Å²) in [5.74, 6) is -0.331. The fourth-order valence-electron chi connectivity index (χ4n) is 1.90. The fourth-order valence-corrected chi connectivity index (χ4v) is 2.14. The number of ether oxygens (including phenoxy) is 1. The first kappa shape index (κ1) is 14.7. The Kier molecular flexibility index (Phi) is 4.49. The van der Waals surface area contributed by atoms with Gasteiger partial charge in [0, 0.05) is 11.6 Å². The number of carbonyl (C=O) groups is 2. The van der Waals surface area contributed by atoms with Crippen molar-refractivity contribution in [1.82, 2.24) is 0 Å². The zero-order chi connectivity index (χ0) is 14.7. The second-order valence-corrected chi connectivity index (χ2v) is 5.35. The summed E-state index contributed by atoms with van der Waals surface area (Å²) in [4.78, 5) is 22.4. The maximum absolute atomic E-state index is 11.9. The van der Waals surface area contributed by atoms with Crippen LogP contribution in [0.15, 0.2) is 18.2 Å². The van der Waals surface area contributed by atoms with Crippen molar-refractivity contribution in [3.8, 4) is 5.75 Å². The molecule has 1 aromatic carbocycles. The molecule has 2 N–H and O–H groups in total. The molecule has 0 bridgehead atoms. The van der Waals surface area contributed by atoms with E-state index >= 15 is 0 Å². The van der Waals surface area contributed by atoms with E-state index in [9.17, 15) is 9.59 Å². The van der Waals surface area contributed by atoms with E-state index in [-0.39, 0.29) is 22.6 Å². The molecule has 1 amide bonds. The van der Waals surface area contributed by atoms with Gasteiger partial charge >= 0.3 is 5.97 Å². The van der Waals surface area contributed by atoms with E-state index in [1.807, 2.05) is 6.92 Å². The SMILES string of the molecule is CC(C(=O)Nc1ccc(OCC(=O)O)c(Cl)c1)C1CC1. The van der Waals surface area contributed by atoms with Crippen molar-refractivity contribution < 1.29 is 19.4 Å². The number of benzene rings is 1. The molecule has 0 spiro atoms. The van der Waals surface area contributed by atoms with Crippen molar-refractivity contribution in [3.05, 3.63) is 23.2 Å². The molecule has 5 nitrogen and oxygen atoms in total. The number of anilines is 1. The topological polar surface area (TPSA) is 75.6 Å². The summed E-state index contributed by atoms with van der Waals surface area (Å²) < 4.78 is 5.01. The monoisotopic (exact) mass is 297 g/mol. The lowest BCUT2D eigenvalue weighted by Crippen LogP contribution is -2.21. The lowest BCUT2D eigenvalue weighted by molar-refractivity contribution is -0.139. The second kappa shape index (κ2) is 6.13. The molecule has 1 aliphatic rings. The van der Waals surface area contributed by atoms with Gasteiger partial charge in [0.05, 0.1) is 5.02 Å². The van der Waals surface area contributed by atoms with Crippen molar-refractivity contribution in [2.45, 2.75) is 19.8 Å². The summed E-state index contributed by atoms with van der Waals surface area (Å²) in [5.41, 5.74) is 0.579. The van der Waals surface area contributed by atoms with Crippen LogP contribution in [0.4, 0.5) is 5.69 Å². The van der Waals surface area contributed by atoms with Gasteiger partial charge < -0.3 is 15.2 Å². The third kappa shape index (κ3) is 3.87. The Labute approximate surface area is 121 Å². The maximum atomic E-state index is 11.9. The molecule has 2 rings (SSSR count). The van der Waals surface area contributed by atoms with Crippen molar-refractivity contribution in [1.29, 1.82) is 0 Å². The normalized spacial score (nSPS) is 15.5. The number of halogens is 1. The summed E-state index contributed by atoms with van der Waals surface area (Å²) >= 11 is 5.98. The van der Waals surface area contributed by atoms with E-state index in [0.717, 1.165) is 12.8 Å². The van der Waals surface area contributed by atoms with Crippen LogP contribution in [0.2, 0.25) is 5.02 Å². The molecule has 0 radical (unpaired) electrons. The van der Waals surface area contributed by atoms with Crippen LogP contribution in [-0.2, 0) is 9.59 Å². The lowest BCUT2D eigenvalue weighted by Gasteiger charge is -2.12. The molecule has 1 aromatic rings. The Morgan fingerprint density at radius 1 is 1.50 bits per heavy atom. The second-order valence-electron chi connectivity index (χ2n) is 4.94. The Balaban J connectivity index is 1.97. The van der Waals surface area contributed by atoms with Crippen LogP contribution in [0.25, 0.3) is 0 Å². The van der Waals surface area contributed by atoms with E-state index < -0.39 is 12.6 Å². The number of carboxylic acids is 1. The van der Waals surface area contributed by atoms with Crippen LogP contribution in [0.1, 0.15) is 19.8 Å². The Bertz CT molecular complexity index is 528. The van der Waals surface area contributed by atoms with Crippen molar-refractivity contribution in [3.63, 3.8) is 0 Å². The molecule has 20 heavy (non-hydrogen) atoms. The molecular formula is C14H16ClNO4. The van der Waals surface area contributed by atoms with E-state index in [4.69, 9.17) is 21.4 Å². The van der Waals surface area contributed by atoms with E-state index in [0.29, 0.717) is 11.6 Å². The van der Waals surface area contributed by atoms with Crippen LogP contribution in [0.3, 0.4) is 0 Å². The zero-order valence-corrected chi connectivity index (χ0v) is 11.8. The smallest absolute Gasteiger partial charge is 0.341 e. The molecule has 1 atom stereocenters. The van der Waals surface area contributed by atoms with Gasteiger partial charge in [-0.25, -0.2) is 4.79 Å². The highest BCUT2D eigenvalue weighted by atomic mass is 35.5. The summed E-state index contributed by atoms with van der Waals surface area (Å²) in [7, 11) is 0. The van der Waals surface area contributed by atoms with Crippen molar-refractivity contribution >= 4 is 29.2 Å². The lowest BCUT2D eigenvalue weighted by atomic mass is 10.1. The first-order valence-corrected chi connectivity index (χ1v) is 6.80. The third-order valence-corrected chi connectivity index (χ3v) is 3.59. The van der Waals surface area contributed by atoms with Crippen molar-refractivity contribution in [2.75, 3.05) is 11.9 Å². The van der Waals surface area contributed by atoms with E-state index in [2.05, 4.69) is 5.32 Å². The average Bonchev–Trinajstić information content (AvgIpc) is 3.20. The number of rotatable bonds is 6. The van der Waals surface area contributed by atoms with Crippen LogP contribution < -0.4 is 10.1 Å². The summed E-state index contributed by atoms with van der Waals surface area (Å²) in [6, 6.07) is 4.74. The standard InChI is InChI=1S/C14H16ClNO4/c1-8(9-2-3-9)14(19)16-10-4-5-12(11(15)6-10)20-7-13(17)18/h4-6,8-9H,2-3,7H2,1H3,(H,16,19)(H,17,18). The quantitative estimate of drug-likeness (QED) is 0.846. The Morgan fingerprint density at radius 2 is 2.20 bits per heavy atom. The Hall–Kier alpha value is -1.75. The molecule has 1 saturated carbocycles. The van der Waals surface area contributed by atoms with Gasteiger partial charge in [-0.15, -0.1) is 0 Å². The zero-order valence-electron chi connectivity index (χ0n) is 11.1. The number of amides is 1. The van der Waals surface area contributed by atoms with Gasteiger partial charge in [0.2, 0.25) is 5.91 Å². The van der Waals surface area contributed by atoms with Gasteiger partial charge in [0.25, 0.3) is 0 Å². The van der Waals surface area contributed by atoms with Gasteiger partial charge in [-0.3, -0.25) is 4.79 Å². The number of hydrogen-bond donors (Lipinski definition) is 2. The number of nitrogens with one attached hydrogen (secondary N) is 1. The minimum atomic E-state index is -1.07. The third-order valence-electron chi connectivity index (χ3n) is 3.29. The molecular weight excluding hydrogens is 282 g/mol. The summed E-state index contributed by atoms with van der Waals surface area (Å²) in [6.07, 6.45) is 2.22. The summed E-state index contributed by atoms with van der Waals surface area (Å²) in [6.45, 7) is 1.46. The molecule has 0 saturated heterocycles.